The molecule has 5 aromatic carbocycles. The number of nitrogens with zero attached hydrogens (tertiary/aromatic N) is 2. The third-order valence-corrected chi connectivity index (χ3v) is 11.1. The molecule has 0 unspecified atom stereocenters. The number of likely N-dealkylation sites (N-methyl/N-ethyl adjacent to an activating group) is 2. The van der Waals surface area contributed by atoms with Crippen LogP contribution in [0.15, 0.2) is 84.9 Å². The molecule has 4 aliphatic heterocycles. The molecule has 9 rings (SSSR count). The van der Waals surface area contributed by atoms with Gasteiger partial charge in [0.25, 0.3) is 0 Å². The van der Waals surface area contributed by atoms with E-state index in [1.54, 1.807) is 46.6 Å². The summed E-state index contributed by atoms with van der Waals surface area (Å²) in [5.41, 5.74) is 6.99. The van der Waals surface area contributed by atoms with E-state index in [0.717, 1.165) is 54.8 Å². The van der Waals surface area contributed by atoms with E-state index >= 15 is 0 Å². The summed E-state index contributed by atoms with van der Waals surface area (Å²) in [6, 6.07) is 27.6. The van der Waals surface area contributed by atoms with Gasteiger partial charge in [-0.05, 0) is 122 Å². The molecule has 4 heterocycles. The molecular formula is C45H46N2O8. The fourth-order valence-electron chi connectivity index (χ4n) is 8.05. The number of carbonyl (C=O) groups excluding carboxylic acids is 1. The Hall–Kier alpha value is -5.71. The molecule has 10 nitrogen and oxygen atoms in total. The van der Waals surface area contributed by atoms with E-state index in [9.17, 15) is 4.79 Å². The van der Waals surface area contributed by atoms with Crippen molar-refractivity contribution in [2.45, 2.75) is 37.8 Å². The molecule has 0 aliphatic carbocycles. The average Bonchev–Trinajstić information content (AvgIpc) is 3.20. The Kier molecular flexibility index (Phi) is 10.0. The van der Waals surface area contributed by atoms with Crippen LogP contribution < -0.4 is 33.2 Å². The first kappa shape index (κ1) is 36.3. The number of methoxy groups -OCH3 is 4. The van der Waals surface area contributed by atoms with Crippen molar-refractivity contribution in [3.05, 3.63) is 124 Å². The quantitative estimate of drug-likeness (QED) is 0.125. The second-order valence-corrected chi connectivity index (χ2v) is 14.4. The molecule has 0 radical (unpaired) electrons. The average molecular weight is 743 g/mol. The van der Waals surface area contributed by atoms with Gasteiger partial charge in [-0.2, -0.15) is 0 Å². The van der Waals surface area contributed by atoms with E-state index in [1.165, 1.54) is 16.7 Å². The summed E-state index contributed by atoms with van der Waals surface area (Å²) >= 11 is 0. The Morgan fingerprint density at radius 1 is 0.636 bits per heavy atom. The fourth-order valence-corrected chi connectivity index (χ4v) is 8.05. The monoisotopic (exact) mass is 742 g/mol. The number of esters is 1. The highest BCUT2D eigenvalue weighted by Crippen LogP contribution is 2.51. The maximum atomic E-state index is 14.1. The zero-order valence-corrected chi connectivity index (χ0v) is 32.1. The summed E-state index contributed by atoms with van der Waals surface area (Å²) < 4.78 is 42.6. The van der Waals surface area contributed by atoms with Gasteiger partial charge in [-0.1, -0.05) is 24.3 Å². The minimum absolute atomic E-state index is 0.119. The fraction of sp³-hybridized carbons (Fsp3) is 0.311. The lowest BCUT2D eigenvalue weighted by Crippen LogP contribution is -2.34. The lowest BCUT2D eigenvalue weighted by Gasteiger charge is -2.37. The van der Waals surface area contributed by atoms with Gasteiger partial charge in [-0.15, -0.1) is 0 Å². The zero-order chi connectivity index (χ0) is 38.2. The first-order valence-corrected chi connectivity index (χ1v) is 18.6. The van der Waals surface area contributed by atoms with Crippen molar-refractivity contribution < 1.29 is 38.0 Å². The van der Waals surface area contributed by atoms with Crippen LogP contribution in [0.5, 0.6) is 51.7 Å². The Morgan fingerprint density at radius 2 is 1.29 bits per heavy atom. The van der Waals surface area contributed by atoms with Gasteiger partial charge in [-0.3, -0.25) is 9.80 Å². The van der Waals surface area contributed by atoms with E-state index in [2.05, 4.69) is 54.2 Å². The molecule has 6 bridgehead atoms. The SMILES string of the molecule is COc1cc(OC)cc(C(=O)Oc2c(OC)cc3c4c2Oc2ccc5c(c2)[C@H](Cc2ccc(cc2)Oc2cc(ccc2OC)C[C@@H]4N(C)CC3)N(C)CC5)c1. The Bertz CT molecular complexity index is 2210. The van der Waals surface area contributed by atoms with Gasteiger partial charge in [0.05, 0.1) is 34.0 Å². The second kappa shape index (κ2) is 15.2. The molecule has 5 aromatic rings. The maximum absolute atomic E-state index is 14.1. The smallest absolute Gasteiger partial charge is 0.344 e. The Balaban J connectivity index is 1.32. The van der Waals surface area contributed by atoms with Crippen molar-refractivity contribution in [2.24, 2.45) is 0 Å². The third-order valence-electron chi connectivity index (χ3n) is 11.1. The Morgan fingerprint density at radius 3 is 2.00 bits per heavy atom. The summed E-state index contributed by atoms with van der Waals surface area (Å²) in [6.07, 6.45) is 3.10. The van der Waals surface area contributed by atoms with Crippen molar-refractivity contribution in [1.29, 1.82) is 0 Å². The molecule has 0 N–H and O–H groups in total. The predicted molar refractivity (Wildman–Crippen MR) is 209 cm³/mol. The van der Waals surface area contributed by atoms with Crippen LogP contribution in [-0.2, 0) is 25.7 Å². The van der Waals surface area contributed by atoms with Gasteiger partial charge in [0.15, 0.2) is 23.0 Å². The molecule has 0 saturated heterocycles. The lowest BCUT2D eigenvalue weighted by molar-refractivity contribution is 0.0723. The number of benzene rings is 5. The summed E-state index contributed by atoms with van der Waals surface area (Å²) in [6.45, 7) is 1.75. The van der Waals surface area contributed by atoms with Crippen molar-refractivity contribution in [3.63, 3.8) is 0 Å². The van der Waals surface area contributed by atoms with Gasteiger partial charge in [0, 0.05) is 36.8 Å². The number of hydrogen-bond donors (Lipinski definition) is 0. The van der Waals surface area contributed by atoms with Gasteiger partial charge in [0.1, 0.15) is 23.0 Å². The van der Waals surface area contributed by atoms with Crippen LogP contribution in [-0.4, -0.2) is 71.4 Å². The Labute approximate surface area is 322 Å². The molecule has 0 spiro atoms. The first-order chi connectivity index (χ1) is 26.7. The zero-order valence-electron chi connectivity index (χ0n) is 32.1. The second-order valence-electron chi connectivity index (χ2n) is 14.4. The molecule has 2 atom stereocenters. The van der Waals surface area contributed by atoms with Crippen LogP contribution in [0.1, 0.15) is 55.8 Å². The van der Waals surface area contributed by atoms with Crippen LogP contribution in [0.3, 0.4) is 0 Å². The molecule has 0 saturated carbocycles. The largest absolute Gasteiger partial charge is 0.497 e. The highest BCUT2D eigenvalue weighted by Gasteiger charge is 2.35. The third kappa shape index (κ3) is 7.15. The van der Waals surface area contributed by atoms with Crippen molar-refractivity contribution in [2.75, 3.05) is 55.6 Å². The topological polar surface area (TPSA) is 88.2 Å². The number of hydrogen-bond acceptors (Lipinski definition) is 10. The van der Waals surface area contributed by atoms with Crippen LogP contribution in [0, 0.1) is 0 Å². The van der Waals surface area contributed by atoms with E-state index in [4.69, 9.17) is 33.2 Å². The van der Waals surface area contributed by atoms with Crippen LogP contribution in [0.25, 0.3) is 0 Å². The van der Waals surface area contributed by atoms with E-state index in [1.807, 2.05) is 36.4 Å². The number of fused-ring (bicyclic) bond motifs is 2. The van der Waals surface area contributed by atoms with Crippen LogP contribution in [0.2, 0.25) is 0 Å². The summed E-state index contributed by atoms with van der Waals surface area (Å²) in [5.74, 6) is 4.04. The highest BCUT2D eigenvalue weighted by molar-refractivity contribution is 5.93. The molecular weight excluding hydrogens is 697 g/mol. The number of ether oxygens (including phenoxy) is 7. The minimum Gasteiger partial charge on any atom is -0.497 e. The molecule has 10 heteroatoms. The normalized spacial score (nSPS) is 17.8. The van der Waals surface area contributed by atoms with Gasteiger partial charge in [0.2, 0.25) is 5.75 Å². The van der Waals surface area contributed by atoms with Gasteiger partial charge >= 0.3 is 5.97 Å². The molecule has 0 aromatic heterocycles. The van der Waals surface area contributed by atoms with E-state index < -0.39 is 5.97 Å². The molecule has 0 amide bonds. The maximum Gasteiger partial charge on any atom is 0.344 e. The molecule has 55 heavy (non-hydrogen) atoms. The summed E-state index contributed by atoms with van der Waals surface area (Å²) in [7, 11) is 10.6. The van der Waals surface area contributed by atoms with Crippen molar-refractivity contribution >= 4 is 5.97 Å². The lowest BCUT2D eigenvalue weighted by atomic mass is 9.87. The van der Waals surface area contributed by atoms with Crippen molar-refractivity contribution in [1.82, 2.24) is 9.80 Å². The first-order valence-electron chi connectivity index (χ1n) is 18.6. The van der Waals surface area contributed by atoms with Crippen molar-refractivity contribution in [3.8, 4) is 51.7 Å². The van der Waals surface area contributed by atoms with Crippen LogP contribution in [0.4, 0.5) is 0 Å². The minimum atomic E-state index is -0.606. The van der Waals surface area contributed by atoms with E-state index in [-0.39, 0.29) is 23.4 Å². The van der Waals surface area contributed by atoms with Gasteiger partial charge < -0.3 is 33.2 Å². The number of carbonyl (C=O) groups is 1. The van der Waals surface area contributed by atoms with Crippen LogP contribution >= 0.6 is 0 Å². The molecule has 284 valence electrons. The predicted octanol–water partition coefficient (Wildman–Crippen LogP) is 8.38. The van der Waals surface area contributed by atoms with E-state index in [0.29, 0.717) is 46.7 Å². The summed E-state index contributed by atoms with van der Waals surface area (Å²) in [5, 5.41) is 0. The van der Waals surface area contributed by atoms with Gasteiger partial charge in [-0.25, -0.2) is 4.79 Å². The summed E-state index contributed by atoms with van der Waals surface area (Å²) in [4.78, 5) is 18.8. The molecule has 0 fully saturated rings. The highest BCUT2D eigenvalue weighted by atomic mass is 16.6. The molecule has 4 aliphatic rings. The number of rotatable bonds is 6. The standard InChI is InChI=1S/C45H46N2O8/c1-46-17-15-29-10-13-33-26-36(29)37(46)19-27-7-11-32(12-8-27)53-40-21-28(9-14-39(40)51-5)20-38-42-30(16-18-47(38)2)24-41(52-6)43(44(42)54-33)55-45(48)31-22-34(49-3)25-35(23-31)50-4/h7-14,21-26,37-38H,15-20H2,1-6H3/t37-,38-/m0/s1.